The Bertz CT molecular complexity index is 1680. The lowest BCUT2D eigenvalue weighted by molar-refractivity contribution is 0.121. The van der Waals surface area contributed by atoms with E-state index in [2.05, 4.69) is 186 Å². The molecule has 5 atom stereocenters. The minimum Gasteiger partial charge on any atom is -0.314 e. The van der Waals surface area contributed by atoms with Crippen molar-refractivity contribution < 1.29 is 0 Å². The summed E-state index contributed by atoms with van der Waals surface area (Å²) in [6.07, 6.45) is 5.56. The van der Waals surface area contributed by atoms with Crippen LogP contribution >= 0.6 is 0 Å². The van der Waals surface area contributed by atoms with Crippen molar-refractivity contribution >= 4 is 13.8 Å². The third-order valence-electron chi connectivity index (χ3n) is 12.1. The van der Waals surface area contributed by atoms with E-state index in [1.807, 2.05) is 0 Å². The Kier molecular flexibility index (Phi) is 8.13. The van der Waals surface area contributed by atoms with Gasteiger partial charge in [0.1, 0.15) is 8.24 Å². The highest BCUT2D eigenvalue weighted by molar-refractivity contribution is 6.76. The maximum absolute atomic E-state index is 2.97. The van der Waals surface area contributed by atoms with E-state index in [0.29, 0.717) is 29.2 Å². The van der Waals surface area contributed by atoms with Crippen LogP contribution in [0.2, 0.25) is 18.6 Å². The normalized spacial score (nSPS) is 25.6. The minimum absolute atomic E-state index is 0.0359. The summed E-state index contributed by atoms with van der Waals surface area (Å²) in [7, 11) is -2.00. The molecule has 3 aromatic carbocycles. The average molecular weight is 644 g/mol. The molecule has 0 N–H and O–H groups in total. The summed E-state index contributed by atoms with van der Waals surface area (Å²) in [6.45, 7) is 34.5. The lowest BCUT2D eigenvalue weighted by Gasteiger charge is -2.57. The maximum Gasteiger partial charge on any atom is 0.127 e. The van der Waals surface area contributed by atoms with Crippen molar-refractivity contribution in [3.63, 3.8) is 0 Å². The molecule has 1 saturated carbocycles. The van der Waals surface area contributed by atoms with E-state index in [9.17, 15) is 0 Å². The van der Waals surface area contributed by atoms with E-state index in [4.69, 9.17) is 0 Å². The Labute approximate surface area is 288 Å². The third-order valence-corrected chi connectivity index (χ3v) is 17.1. The summed E-state index contributed by atoms with van der Waals surface area (Å²) in [5.41, 5.74) is 12.5. The quantitative estimate of drug-likeness (QED) is 0.256. The van der Waals surface area contributed by atoms with Crippen LogP contribution in [0.15, 0.2) is 90.5 Å². The zero-order valence-corrected chi connectivity index (χ0v) is 32.9. The lowest BCUT2D eigenvalue weighted by Crippen LogP contribution is -2.67. The van der Waals surface area contributed by atoms with Gasteiger partial charge in [-0.1, -0.05) is 134 Å². The van der Waals surface area contributed by atoms with Crippen molar-refractivity contribution in [1.29, 1.82) is 0 Å². The molecule has 0 bridgehead atoms. The van der Waals surface area contributed by atoms with Crippen LogP contribution in [0, 0.1) is 17.8 Å². The van der Waals surface area contributed by atoms with E-state index in [1.165, 1.54) is 39.0 Å². The van der Waals surface area contributed by atoms with E-state index < -0.39 is 8.24 Å². The standard InChI is InChI=1S/C45H61NSi/c1-29-40(31-18-16-15-17-19-31)36-28-39-35(27-37(36)41(29)47(13,14)46(43(5,6)7)44(8,9)10)34-25-22-32(26-38(34)45(39,11)12)30-20-23-33(24-21-30)42(2,3)4/h15-29,36-37,40-41H,1-14H3. The number of hydrogen-bond acceptors (Lipinski definition) is 1. The fourth-order valence-electron chi connectivity index (χ4n) is 11.2. The van der Waals surface area contributed by atoms with Crippen LogP contribution in [0.5, 0.6) is 0 Å². The van der Waals surface area contributed by atoms with E-state index in [-0.39, 0.29) is 21.9 Å². The van der Waals surface area contributed by atoms with Crippen LogP contribution in [0.3, 0.4) is 0 Å². The Hall–Kier alpha value is -2.68. The fourth-order valence-corrected chi connectivity index (χ4v) is 17.7. The molecule has 0 aliphatic heterocycles. The largest absolute Gasteiger partial charge is 0.314 e. The Morgan fingerprint density at radius 3 is 1.81 bits per heavy atom. The van der Waals surface area contributed by atoms with E-state index in [0.717, 1.165) is 0 Å². The highest BCUT2D eigenvalue weighted by atomic mass is 28.3. The van der Waals surface area contributed by atoms with Gasteiger partial charge in [0.05, 0.1) is 0 Å². The monoisotopic (exact) mass is 643 g/mol. The van der Waals surface area contributed by atoms with E-state index >= 15 is 0 Å². The summed E-state index contributed by atoms with van der Waals surface area (Å²) in [6, 6.07) is 28.1. The molecule has 0 radical (unpaired) electrons. The number of nitrogens with zero attached hydrogens (tertiary/aromatic N) is 1. The van der Waals surface area contributed by atoms with Crippen LogP contribution < -0.4 is 0 Å². The zero-order valence-electron chi connectivity index (χ0n) is 31.9. The highest BCUT2D eigenvalue weighted by Crippen LogP contribution is 2.65. The molecular weight excluding hydrogens is 583 g/mol. The van der Waals surface area contributed by atoms with Crippen molar-refractivity contribution in [2.45, 2.75) is 130 Å². The topological polar surface area (TPSA) is 3.24 Å². The predicted molar refractivity (Wildman–Crippen MR) is 208 cm³/mol. The summed E-state index contributed by atoms with van der Waals surface area (Å²) >= 11 is 0. The maximum atomic E-state index is 2.97. The van der Waals surface area contributed by atoms with Gasteiger partial charge >= 0.3 is 0 Å². The molecule has 3 aliphatic carbocycles. The number of rotatable bonds is 4. The van der Waals surface area contributed by atoms with Gasteiger partial charge in [0, 0.05) is 16.5 Å². The van der Waals surface area contributed by atoms with Crippen LogP contribution in [-0.4, -0.2) is 23.9 Å². The van der Waals surface area contributed by atoms with Gasteiger partial charge in [-0.25, -0.2) is 0 Å². The summed E-state index contributed by atoms with van der Waals surface area (Å²) in [4.78, 5) is 0. The van der Waals surface area contributed by atoms with Gasteiger partial charge in [-0.2, -0.15) is 0 Å². The molecule has 0 amide bonds. The molecule has 0 heterocycles. The van der Waals surface area contributed by atoms with Crippen molar-refractivity contribution in [3.05, 3.63) is 113 Å². The lowest BCUT2D eigenvalue weighted by atomic mass is 9.73. The summed E-state index contributed by atoms with van der Waals surface area (Å²) in [5.74, 6) is 2.13. The molecule has 0 spiro atoms. The smallest absolute Gasteiger partial charge is 0.127 e. The molecule has 3 aliphatic rings. The molecule has 1 fully saturated rings. The molecule has 3 aromatic rings. The average Bonchev–Trinajstić information content (AvgIpc) is 3.36. The van der Waals surface area contributed by atoms with Gasteiger partial charge in [-0.15, -0.1) is 0 Å². The van der Waals surface area contributed by atoms with Gasteiger partial charge in [0.15, 0.2) is 0 Å². The molecule has 6 rings (SSSR count). The molecule has 47 heavy (non-hydrogen) atoms. The molecule has 1 nitrogen and oxygen atoms in total. The van der Waals surface area contributed by atoms with Crippen molar-refractivity contribution in [2.24, 2.45) is 17.8 Å². The number of hydrogen-bond donors (Lipinski definition) is 0. The number of fused-ring (bicyclic) bond motifs is 4. The number of allylic oxidation sites excluding steroid dienone is 4. The Morgan fingerprint density at radius 2 is 1.26 bits per heavy atom. The molecule has 0 saturated heterocycles. The van der Waals surface area contributed by atoms with Crippen molar-refractivity contribution in [2.75, 3.05) is 0 Å². The van der Waals surface area contributed by atoms with Crippen molar-refractivity contribution in [1.82, 2.24) is 4.57 Å². The first kappa shape index (κ1) is 34.2. The SMILES string of the molecule is CC1C(c2ccccc2)C2C=C3C(=CC2C1[Si](C)(C)N(C(C)(C)C)C(C)(C)C)c1ccc(-c2ccc(C(C)(C)C)cc2)cc1C3(C)C. The van der Waals surface area contributed by atoms with Crippen molar-refractivity contribution in [3.8, 4) is 11.1 Å². The summed E-state index contributed by atoms with van der Waals surface area (Å²) in [5, 5.41) is 0. The molecule has 250 valence electrons. The van der Waals surface area contributed by atoms with Gasteiger partial charge < -0.3 is 4.57 Å². The van der Waals surface area contributed by atoms with E-state index in [1.54, 1.807) is 5.57 Å². The molecule has 2 heteroatoms. The fraction of sp³-hybridized carbons (Fsp3) is 0.511. The van der Waals surface area contributed by atoms with Gasteiger partial charge in [0.25, 0.3) is 0 Å². The van der Waals surface area contributed by atoms with Crippen LogP contribution in [-0.2, 0) is 10.8 Å². The minimum atomic E-state index is -2.00. The second kappa shape index (κ2) is 11.2. The Morgan fingerprint density at radius 1 is 0.681 bits per heavy atom. The third kappa shape index (κ3) is 5.66. The molecule has 5 unspecified atom stereocenters. The first-order valence-corrected chi connectivity index (χ1v) is 21.2. The molecule has 0 aromatic heterocycles. The highest BCUT2D eigenvalue weighted by Gasteiger charge is 2.59. The van der Waals surface area contributed by atoms with Crippen LogP contribution in [0.1, 0.15) is 111 Å². The second-order valence-electron chi connectivity index (χ2n) is 19.2. The molecular formula is C45H61NSi. The predicted octanol–water partition coefficient (Wildman–Crippen LogP) is 12.4. The number of benzene rings is 3. The second-order valence-corrected chi connectivity index (χ2v) is 23.6. The first-order valence-electron chi connectivity index (χ1n) is 18.2. The van der Waals surface area contributed by atoms with Gasteiger partial charge in [-0.3, -0.25) is 0 Å². The van der Waals surface area contributed by atoms with Crippen LogP contribution in [0.4, 0.5) is 0 Å². The summed E-state index contributed by atoms with van der Waals surface area (Å²) < 4.78 is 2.97. The first-order chi connectivity index (χ1) is 21.6. The van der Waals surface area contributed by atoms with Gasteiger partial charge in [0.2, 0.25) is 0 Å². The Balaban J connectivity index is 1.49. The van der Waals surface area contributed by atoms with Gasteiger partial charge in [-0.05, 0) is 127 Å². The van der Waals surface area contributed by atoms with Crippen LogP contribution in [0.25, 0.3) is 16.7 Å². The zero-order chi connectivity index (χ0) is 34.5.